The van der Waals surface area contributed by atoms with Gasteiger partial charge in [0.05, 0.1) is 5.69 Å². The number of rotatable bonds is 5. The average Bonchev–Trinajstić information content (AvgIpc) is 2.80. The monoisotopic (exact) mass is 516 g/mol. The molecule has 1 fully saturated rings. The van der Waals surface area contributed by atoms with Crippen LogP contribution in [0.2, 0.25) is 10.0 Å². The fourth-order valence-corrected chi connectivity index (χ4v) is 4.38. The first-order chi connectivity index (χ1) is 16.2. The van der Waals surface area contributed by atoms with Crippen molar-refractivity contribution < 1.29 is 27.0 Å². The van der Waals surface area contributed by atoms with E-state index < -0.39 is 33.5 Å². The zero-order chi connectivity index (χ0) is 24.5. The van der Waals surface area contributed by atoms with Gasteiger partial charge in [0.15, 0.2) is 0 Å². The molecule has 0 radical (unpaired) electrons. The number of nitrogens with one attached hydrogen (secondary N) is 1. The van der Waals surface area contributed by atoms with Crippen molar-refractivity contribution in [2.24, 2.45) is 0 Å². The number of hydrogen-bond donors (Lipinski definition) is 1. The maximum Gasteiger partial charge on any atom is 0.339 e. The van der Waals surface area contributed by atoms with Crippen molar-refractivity contribution in [3.05, 3.63) is 94.0 Å². The number of benzene rings is 3. The van der Waals surface area contributed by atoms with Gasteiger partial charge in [-0.05, 0) is 60.7 Å². The first-order valence-corrected chi connectivity index (χ1v) is 11.8. The molecule has 0 aliphatic carbocycles. The number of urea groups is 1. The Labute approximate surface area is 204 Å². The molecule has 0 atom stereocenters. The van der Waals surface area contributed by atoms with Gasteiger partial charge in [-0.3, -0.25) is 14.9 Å². The molecule has 1 heterocycles. The van der Waals surface area contributed by atoms with Crippen LogP contribution in [0, 0.1) is 0 Å². The third-order valence-corrected chi connectivity index (χ3v) is 6.43. The molecule has 8 nitrogen and oxygen atoms in total. The molecule has 34 heavy (non-hydrogen) atoms. The minimum atomic E-state index is -4.22. The minimum Gasteiger partial charge on any atom is -0.378 e. The van der Waals surface area contributed by atoms with Gasteiger partial charge < -0.3 is 4.18 Å². The number of carbonyl (C=O) groups excluding carboxylic acids is 3. The zero-order valence-corrected chi connectivity index (χ0v) is 19.4. The van der Waals surface area contributed by atoms with E-state index in [4.69, 9.17) is 27.4 Å². The van der Waals surface area contributed by atoms with Crippen LogP contribution in [0.3, 0.4) is 0 Å². The van der Waals surface area contributed by atoms with E-state index in [2.05, 4.69) is 5.32 Å². The number of carbonyl (C=O) groups is 3. The first kappa shape index (κ1) is 23.5. The average molecular weight is 517 g/mol. The van der Waals surface area contributed by atoms with Crippen molar-refractivity contribution in [3.8, 4) is 5.75 Å². The van der Waals surface area contributed by atoms with Crippen LogP contribution < -0.4 is 14.4 Å². The summed E-state index contributed by atoms with van der Waals surface area (Å²) in [5, 5.41) is 2.67. The van der Waals surface area contributed by atoms with Gasteiger partial charge in [-0.2, -0.15) is 8.42 Å². The van der Waals surface area contributed by atoms with Crippen LogP contribution >= 0.6 is 23.2 Å². The molecule has 172 valence electrons. The van der Waals surface area contributed by atoms with Crippen molar-refractivity contribution in [3.63, 3.8) is 0 Å². The van der Waals surface area contributed by atoms with Gasteiger partial charge in [0.2, 0.25) is 0 Å². The summed E-state index contributed by atoms with van der Waals surface area (Å²) in [6, 6.07) is 16.4. The second-order valence-electron chi connectivity index (χ2n) is 6.97. The highest BCUT2D eigenvalue weighted by atomic mass is 35.5. The Morgan fingerprint density at radius 1 is 0.853 bits per heavy atom. The standard InChI is InChI=1S/C23H14Cl2N2O6S/c24-15-6-9-17(10-7-15)27-22(29)19(21(28)26-23(27)30)13-14-12-16(25)8-11-20(14)33-34(31,32)18-4-2-1-3-5-18/h1-13H,(H,26,28,30)/b19-13+. The van der Waals surface area contributed by atoms with Crippen LogP contribution in [-0.4, -0.2) is 26.3 Å². The van der Waals surface area contributed by atoms with E-state index in [1.807, 2.05) is 0 Å². The van der Waals surface area contributed by atoms with Crippen LogP contribution in [0.4, 0.5) is 10.5 Å². The quantitative estimate of drug-likeness (QED) is 0.305. The van der Waals surface area contributed by atoms with E-state index in [9.17, 15) is 22.8 Å². The number of halogens is 2. The Hall–Kier alpha value is -3.66. The molecule has 4 rings (SSSR count). The number of nitrogens with zero attached hydrogens (tertiary/aromatic N) is 1. The molecule has 0 aromatic heterocycles. The van der Waals surface area contributed by atoms with Crippen molar-refractivity contribution >= 4 is 62.9 Å². The molecule has 3 aromatic rings. The molecule has 1 aliphatic rings. The molecule has 0 unspecified atom stereocenters. The Morgan fingerprint density at radius 3 is 2.18 bits per heavy atom. The number of anilines is 1. The highest BCUT2D eigenvalue weighted by Crippen LogP contribution is 2.30. The smallest absolute Gasteiger partial charge is 0.339 e. The van der Waals surface area contributed by atoms with Crippen molar-refractivity contribution in [2.45, 2.75) is 4.90 Å². The normalized spacial score (nSPS) is 15.4. The second-order valence-corrected chi connectivity index (χ2v) is 9.39. The van der Waals surface area contributed by atoms with Gasteiger partial charge in [0.25, 0.3) is 11.8 Å². The molecule has 1 aliphatic heterocycles. The fraction of sp³-hybridized carbons (Fsp3) is 0. The van der Waals surface area contributed by atoms with E-state index >= 15 is 0 Å². The predicted molar refractivity (Wildman–Crippen MR) is 126 cm³/mol. The van der Waals surface area contributed by atoms with E-state index in [1.54, 1.807) is 6.07 Å². The van der Waals surface area contributed by atoms with Crippen LogP contribution in [0.1, 0.15) is 5.56 Å². The minimum absolute atomic E-state index is 0.0379. The van der Waals surface area contributed by atoms with Gasteiger partial charge >= 0.3 is 16.1 Å². The lowest BCUT2D eigenvalue weighted by Gasteiger charge is -2.26. The van der Waals surface area contributed by atoms with E-state index in [-0.39, 0.29) is 26.9 Å². The molecule has 0 saturated carbocycles. The summed E-state index contributed by atoms with van der Waals surface area (Å²) in [5.41, 5.74) is -0.214. The molecule has 3 aromatic carbocycles. The van der Waals surface area contributed by atoms with Crippen molar-refractivity contribution in [1.29, 1.82) is 0 Å². The van der Waals surface area contributed by atoms with Crippen LogP contribution in [-0.2, 0) is 19.7 Å². The molecule has 1 saturated heterocycles. The Morgan fingerprint density at radius 2 is 1.50 bits per heavy atom. The van der Waals surface area contributed by atoms with Crippen LogP contribution in [0.25, 0.3) is 6.08 Å². The fourth-order valence-electron chi connectivity index (χ4n) is 3.10. The molecule has 11 heteroatoms. The summed E-state index contributed by atoms with van der Waals surface area (Å²) in [6.45, 7) is 0. The second kappa shape index (κ2) is 9.30. The number of barbiturate groups is 1. The van der Waals surface area contributed by atoms with Gasteiger partial charge in [-0.15, -0.1) is 0 Å². The highest BCUT2D eigenvalue weighted by Gasteiger charge is 2.37. The largest absolute Gasteiger partial charge is 0.378 e. The summed E-state index contributed by atoms with van der Waals surface area (Å²) in [4.78, 5) is 38.6. The van der Waals surface area contributed by atoms with E-state index in [0.29, 0.717) is 5.02 Å². The van der Waals surface area contributed by atoms with E-state index in [0.717, 1.165) is 11.0 Å². The van der Waals surface area contributed by atoms with Gasteiger partial charge in [0.1, 0.15) is 16.2 Å². The lowest BCUT2D eigenvalue weighted by atomic mass is 10.1. The van der Waals surface area contributed by atoms with Gasteiger partial charge in [0, 0.05) is 15.6 Å². The van der Waals surface area contributed by atoms with Crippen molar-refractivity contribution in [1.82, 2.24) is 5.32 Å². The SMILES string of the molecule is O=C1NC(=O)N(c2ccc(Cl)cc2)C(=O)/C1=C/c1cc(Cl)ccc1OS(=O)(=O)c1ccccc1. The molecule has 0 spiro atoms. The van der Waals surface area contributed by atoms with Crippen LogP contribution in [0.5, 0.6) is 5.75 Å². The van der Waals surface area contributed by atoms with Gasteiger partial charge in [-0.1, -0.05) is 41.4 Å². The number of amides is 4. The molecule has 4 amide bonds. The highest BCUT2D eigenvalue weighted by molar-refractivity contribution is 7.87. The summed E-state index contributed by atoms with van der Waals surface area (Å²) in [6.07, 6.45) is 1.11. The topological polar surface area (TPSA) is 110 Å². The summed E-state index contributed by atoms with van der Waals surface area (Å²) in [5.74, 6) is -2.05. The maximum absolute atomic E-state index is 13.1. The molecule has 1 N–H and O–H groups in total. The third-order valence-electron chi connectivity index (χ3n) is 4.69. The van der Waals surface area contributed by atoms with Crippen molar-refractivity contribution in [2.75, 3.05) is 4.90 Å². The molecular weight excluding hydrogens is 503 g/mol. The Kier molecular flexibility index (Phi) is 6.43. The molecule has 0 bridgehead atoms. The lowest BCUT2D eigenvalue weighted by Crippen LogP contribution is -2.54. The van der Waals surface area contributed by atoms with E-state index in [1.165, 1.54) is 66.7 Å². The lowest BCUT2D eigenvalue weighted by molar-refractivity contribution is -0.122. The number of hydrogen-bond acceptors (Lipinski definition) is 6. The summed E-state index contributed by atoms with van der Waals surface area (Å²) < 4.78 is 30.6. The zero-order valence-electron chi connectivity index (χ0n) is 17.1. The third kappa shape index (κ3) is 4.81. The predicted octanol–water partition coefficient (Wildman–Crippen LogP) is 4.43. The number of imide groups is 2. The Balaban J connectivity index is 1.75. The van der Waals surface area contributed by atoms with Gasteiger partial charge in [-0.25, -0.2) is 9.69 Å². The van der Waals surface area contributed by atoms with Crippen LogP contribution in [0.15, 0.2) is 83.3 Å². The summed E-state index contributed by atoms with van der Waals surface area (Å²) >= 11 is 11.9. The Bertz CT molecular complexity index is 1440. The maximum atomic E-state index is 13.1. The summed E-state index contributed by atoms with van der Waals surface area (Å²) in [7, 11) is -4.22. The molecular formula is C23H14Cl2N2O6S. The first-order valence-electron chi connectivity index (χ1n) is 9.62.